The van der Waals surface area contributed by atoms with Gasteiger partial charge in [0.05, 0.1) is 82.0 Å². The Labute approximate surface area is 411 Å². The first-order valence-electron chi connectivity index (χ1n) is 21.7. The molecule has 21 nitrogen and oxygen atoms in total. The van der Waals surface area contributed by atoms with Crippen LogP contribution in [-0.2, 0) is 0 Å². The van der Waals surface area contributed by atoms with Gasteiger partial charge in [-0.05, 0) is 72.8 Å². The van der Waals surface area contributed by atoms with Gasteiger partial charge in [-0.3, -0.25) is 63.3 Å². The number of nitrogens with one attached hydrogen (secondary N) is 1. The summed E-state index contributed by atoms with van der Waals surface area (Å²) < 4.78 is 32.1. The molecule has 74 heavy (non-hydrogen) atoms. The lowest BCUT2D eigenvalue weighted by Crippen LogP contribution is -2.24. The molecule has 11 rings (SSSR count). The number of hydrogen-bond acceptors (Lipinski definition) is 11. The van der Waals surface area contributed by atoms with Gasteiger partial charge in [0.2, 0.25) is 11.6 Å². The maximum atomic E-state index is 14.0. The molecule has 0 saturated carbocycles. The van der Waals surface area contributed by atoms with Crippen LogP contribution in [0.2, 0.25) is 0 Å². The summed E-state index contributed by atoms with van der Waals surface area (Å²) >= 11 is 0. The smallest absolute Gasteiger partial charge is 0.305 e. The van der Waals surface area contributed by atoms with Crippen molar-refractivity contribution in [1.82, 2.24) is 27.8 Å². The molecular weight excluding hydrogens is 967 g/mol. The molecule has 366 valence electrons. The highest BCUT2D eigenvalue weighted by atomic mass is 19.1. The van der Waals surface area contributed by atoms with Crippen LogP contribution >= 0.6 is 0 Å². The SMILES string of the molecule is O=[N+]([O-])c1cc(F)c([N+](=O)[O-])cc1F.O=c1[nH]c2ccccc2n1-c1ccccc1.O=c1n(-c2ccccc2)c2ccccc2n1-c1cc([N+](=O)[O-])c(-n2c(=O)n(-c3ccccc3)c3ccccc32)cc1[N+](=O)[O-]. The molecule has 0 unspecified atom stereocenters. The van der Waals surface area contributed by atoms with Gasteiger partial charge in [-0.15, -0.1) is 0 Å². The fourth-order valence-corrected chi connectivity index (χ4v) is 8.31. The Morgan fingerprint density at radius 2 is 0.649 bits per heavy atom. The van der Waals surface area contributed by atoms with Gasteiger partial charge in [0.15, 0.2) is 0 Å². The fraction of sp³-hybridized carbons (Fsp3) is 0. The Bertz CT molecular complexity index is 4000. The maximum Gasteiger partial charge on any atom is 0.338 e. The van der Waals surface area contributed by atoms with Gasteiger partial charge in [-0.1, -0.05) is 91.0 Å². The highest BCUT2D eigenvalue weighted by molar-refractivity contribution is 5.85. The molecule has 3 aromatic heterocycles. The van der Waals surface area contributed by atoms with Crippen molar-refractivity contribution in [3.63, 3.8) is 0 Å². The molecule has 23 heteroatoms. The topological polar surface area (TPSA) is 264 Å². The summed E-state index contributed by atoms with van der Waals surface area (Å²) in [5.74, 6) is -2.88. The predicted octanol–water partition coefficient (Wildman–Crippen LogP) is 9.79. The summed E-state index contributed by atoms with van der Waals surface area (Å²) in [6.45, 7) is 0. The average molecular weight is 999 g/mol. The van der Waals surface area contributed by atoms with Crippen LogP contribution in [0.1, 0.15) is 0 Å². The Morgan fingerprint density at radius 1 is 0.351 bits per heavy atom. The van der Waals surface area contributed by atoms with Gasteiger partial charge >= 0.3 is 28.4 Å². The lowest BCUT2D eigenvalue weighted by atomic mass is 10.2. The van der Waals surface area contributed by atoms with Crippen molar-refractivity contribution in [1.29, 1.82) is 0 Å². The molecule has 8 aromatic carbocycles. The number of rotatable bonds is 9. The average Bonchev–Trinajstić information content (AvgIpc) is 4.02. The van der Waals surface area contributed by atoms with Gasteiger partial charge in [-0.2, -0.15) is 8.78 Å². The highest BCUT2D eigenvalue weighted by Gasteiger charge is 2.32. The van der Waals surface area contributed by atoms with E-state index in [0.717, 1.165) is 38.0 Å². The predicted molar refractivity (Wildman–Crippen MR) is 268 cm³/mol. The molecule has 11 aromatic rings. The van der Waals surface area contributed by atoms with Crippen LogP contribution in [-0.4, -0.2) is 47.5 Å². The molecular formula is C51H32F2N10O11. The molecule has 0 amide bonds. The third kappa shape index (κ3) is 8.81. The zero-order valence-electron chi connectivity index (χ0n) is 37.7. The zero-order chi connectivity index (χ0) is 52.4. The summed E-state index contributed by atoms with van der Waals surface area (Å²) in [6.07, 6.45) is 0. The minimum Gasteiger partial charge on any atom is -0.305 e. The van der Waals surface area contributed by atoms with E-state index >= 15 is 0 Å². The molecule has 0 aliphatic carbocycles. The zero-order valence-corrected chi connectivity index (χ0v) is 37.7. The Hall–Kier alpha value is -11.0. The number of halogens is 2. The van der Waals surface area contributed by atoms with Crippen molar-refractivity contribution < 1.29 is 28.5 Å². The van der Waals surface area contributed by atoms with E-state index in [1.807, 2.05) is 54.6 Å². The minimum atomic E-state index is -1.44. The minimum absolute atomic E-state index is 0.104. The lowest BCUT2D eigenvalue weighted by molar-refractivity contribution is -0.393. The van der Waals surface area contributed by atoms with E-state index in [0.29, 0.717) is 33.4 Å². The summed E-state index contributed by atoms with van der Waals surface area (Å²) in [6, 6.07) is 50.4. The summed E-state index contributed by atoms with van der Waals surface area (Å²) in [5.41, 5.74) is -0.272. The van der Waals surface area contributed by atoms with Crippen LogP contribution in [0.15, 0.2) is 202 Å². The number of imidazole rings is 3. The van der Waals surface area contributed by atoms with Crippen LogP contribution in [0.25, 0.3) is 61.5 Å². The number of nitro groups is 4. The number of hydrogen-bond donors (Lipinski definition) is 1. The van der Waals surface area contributed by atoms with Gasteiger partial charge in [0.25, 0.3) is 11.4 Å². The van der Waals surface area contributed by atoms with Crippen LogP contribution < -0.4 is 17.1 Å². The van der Waals surface area contributed by atoms with Crippen molar-refractivity contribution in [2.75, 3.05) is 0 Å². The van der Waals surface area contributed by atoms with E-state index in [1.165, 1.54) is 9.13 Å². The van der Waals surface area contributed by atoms with Gasteiger partial charge < -0.3 is 4.98 Å². The van der Waals surface area contributed by atoms with Crippen molar-refractivity contribution in [2.45, 2.75) is 0 Å². The van der Waals surface area contributed by atoms with E-state index < -0.39 is 65.5 Å². The second-order valence-electron chi connectivity index (χ2n) is 15.8. The van der Waals surface area contributed by atoms with E-state index in [2.05, 4.69) is 4.98 Å². The second-order valence-corrected chi connectivity index (χ2v) is 15.8. The number of fused-ring (bicyclic) bond motifs is 3. The molecule has 1 N–H and O–H groups in total. The van der Waals surface area contributed by atoms with Gasteiger partial charge in [0, 0.05) is 12.1 Å². The van der Waals surface area contributed by atoms with Crippen LogP contribution in [0.3, 0.4) is 0 Å². The highest BCUT2D eigenvalue weighted by Crippen LogP contribution is 2.36. The molecule has 0 fully saturated rings. The van der Waals surface area contributed by atoms with Crippen LogP contribution in [0.5, 0.6) is 0 Å². The quantitative estimate of drug-likeness (QED) is 0.105. The summed E-state index contributed by atoms with van der Waals surface area (Å²) in [4.78, 5) is 84.2. The normalized spacial score (nSPS) is 10.9. The second kappa shape index (κ2) is 19.8. The Kier molecular flexibility index (Phi) is 12.9. The molecule has 0 radical (unpaired) electrons. The first kappa shape index (κ1) is 48.1. The van der Waals surface area contributed by atoms with Gasteiger partial charge in [0.1, 0.15) is 11.4 Å². The number of aromatic amines is 1. The van der Waals surface area contributed by atoms with Crippen LogP contribution in [0.4, 0.5) is 31.5 Å². The first-order chi connectivity index (χ1) is 35.7. The number of aromatic nitrogens is 6. The van der Waals surface area contributed by atoms with Crippen molar-refractivity contribution in [2.24, 2.45) is 0 Å². The molecule has 0 saturated heterocycles. The Balaban J connectivity index is 0.000000181. The third-order valence-electron chi connectivity index (χ3n) is 11.5. The molecule has 0 aliphatic rings. The van der Waals surface area contributed by atoms with Crippen LogP contribution in [0, 0.1) is 52.1 Å². The van der Waals surface area contributed by atoms with Crippen molar-refractivity contribution >= 4 is 55.8 Å². The third-order valence-corrected chi connectivity index (χ3v) is 11.5. The molecule has 0 spiro atoms. The number of nitro benzene ring substituents is 4. The molecule has 0 aliphatic heterocycles. The number of nitrogens with zero attached hydrogens (tertiary/aromatic N) is 9. The maximum absolute atomic E-state index is 14.0. The first-order valence-corrected chi connectivity index (χ1v) is 21.7. The number of para-hydroxylation sites is 9. The molecule has 3 heterocycles. The largest absolute Gasteiger partial charge is 0.338 e. The van der Waals surface area contributed by atoms with E-state index in [4.69, 9.17) is 0 Å². The van der Waals surface area contributed by atoms with E-state index in [9.17, 15) is 63.6 Å². The fourth-order valence-electron chi connectivity index (χ4n) is 8.31. The van der Waals surface area contributed by atoms with Crippen molar-refractivity contribution in [3.05, 3.63) is 272 Å². The standard InChI is InChI=1S/C32H20N6O6.C13H10N2O.C6H2F2N2O4/c39-31-33(21-11-3-1-4-12-21)23-15-7-9-17-25(23)35(31)27-19-30(38(43)44)28(20-29(27)37(41)42)36-26-18-10-8-16-24(26)34(32(36)40)22-13-5-2-6-14-22;16-13-14-11-8-4-5-9-12(11)15(13)10-6-2-1-3-7-10;7-3-1-5(9(11)12)4(8)2-6(3)10(13)14/h1-20H;1-9H,(H,14,16);1-2H. The van der Waals surface area contributed by atoms with Gasteiger partial charge in [-0.25, -0.2) is 14.4 Å². The van der Waals surface area contributed by atoms with E-state index in [-0.39, 0.29) is 29.2 Å². The molecule has 0 bridgehead atoms. The summed E-state index contributed by atoms with van der Waals surface area (Å²) in [5, 5.41) is 45.3. The Morgan fingerprint density at radius 3 is 1.00 bits per heavy atom. The van der Waals surface area contributed by atoms with E-state index in [1.54, 1.807) is 114 Å². The summed E-state index contributed by atoms with van der Waals surface area (Å²) in [7, 11) is 0. The number of H-pyrrole nitrogens is 1. The van der Waals surface area contributed by atoms with Crippen molar-refractivity contribution in [3.8, 4) is 28.4 Å². The number of benzene rings is 8. The monoisotopic (exact) mass is 998 g/mol. The molecule has 0 atom stereocenters. The lowest BCUT2D eigenvalue weighted by Gasteiger charge is -2.10.